The van der Waals surface area contributed by atoms with Crippen LogP contribution in [0, 0.1) is 13.8 Å². The number of aromatic nitrogens is 4. The van der Waals surface area contributed by atoms with E-state index in [2.05, 4.69) is 15.5 Å². The van der Waals surface area contributed by atoms with Crippen molar-refractivity contribution in [2.45, 2.75) is 54.1 Å². The van der Waals surface area contributed by atoms with E-state index < -0.39 is 11.9 Å². The fourth-order valence-corrected chi connectivity index (χ4v) is 3.48. The van der Waals surface area contributed by atoms with Crippen molar-refractivity contribution in [2.75, 3.05) is 30.0 Å². The number of nitrogens with one attached hydrogen (secondary N) is 1. The van der Waals surface area contributed by atoms with Gasteiger partial charge in [0, 0.05) is 13.1 Å². The lowest BCUT2D eigenvalue weighted by atomic mass is 10.2. The van der Waals surface area contributed by atoms with Crippen molar-refractivity contribution in [3.05, 3.63) is 22.5 Å². The second-order valence-electron chi connectivity index (χ2n) is 7.04. The van der Waals surface area contributed by atoms with Gasteiger partial charge in [-0.25, -0.2) is 19.0 Å². The first kappa shape index (κ1) is 25.6. The van der Waals surface area contributed by atoms with Gasteiger partial charge in [-0.1, -0.05) is 6.92 Å². The van der Waals surface area contributed by atoms with E-state index in [0.717, 1.165) is 6.42 Å². The molecule has 12 nitrogen and oxygen atoms in total. The van der Waals surface area contributed by atoms with Crippen molar-refractivity contribution in [1.82, 2.24) is 19.6 Å². The minimum atomic E-state index is -0.461. The van der Waals surface area contributed by atoms with E-state index in [1.165, 1.54) is 4.90 Å². The lowest BCUT2D eigenvalue weighted by Gasteiger charge is -2.09. The number of aryl methyl sites for hydroxylation is 3. The molecule has 3 heterocycles. The van der Waals surface area contributed by atoms with Crippen LogP contribution in [-0.2, 0) is 32.2 Å². The highest BCUT2D eigenvalue weighted by atomic mass is 16.5. The third kappa shape index (κ3) is 5.57. The van der Waals surface area contributed by atoms with E-state index >= 15 is 0 Å². The Kier molecular flexibility index (Phi) is 9.13. The molecule has 0 radical (unpaired) electrons. The molecule has 3 rings (SSSR count). The summed E-state index contributed by atoms with van der Waals surface area (Å²) in [7, 11) is 0. The summed E-state index contributed by atoms with van der Waals surface area (Å²) >= 11 is 0. The van der Waals surface area contributed by atoms with Crippen LogP contribution < -0.4 is 10.2 Å². The van der Waals surface area contributed by atoms with Gasteiger partial charge in [0.2, 0.25) is 12.8 Å². The Morgan fingerprint density at radius 1 is 0.970 bits per heavy atom. The first-order valence-corrected chi connectivity index (χ1v) is 10.8. The number of carbonyl (C=O) groups is 4. The number of fused-ring (bicyclic) bond motifs is 1. The molecular weight excluding hydrogens is 432 g/mol. The first-order valence-electron chi connectivity index (χ1n) is 10.8. The smallest absolute Gasteiger partial charge is 0.343 e. The highest BCUT2D eigenvalue weighted by molar-refractivity contribution is 5.99. The van der Waals surface area contributed by atoms with Gasteiger partial charge in [-0.05, 0) is 34.1 Å². The van der Waals surface area contributed by atoms with E-state index in [4.69, 9.17) is 9.47 Å². The highest BCUT2D eigenvalue weighted by Gasteiger charge is 2.30. The molecule has 0 aromatic carbocycles. The van der Waals surface area contributed by atoms with Crippen molar-refractivity contribution in [3.63, 3.8) is 0 Å². The number of hydrogen-bond acceptors (Lipinski definition) is 8. The Hall–Kier alpha value is -3.70. The summed E-state index contributed by atoms with van der Waals surface area (Å²) in [6, 6.07) is 0. The number of anilines is 2. The van der Waals surface area contributed by atoms with Crippen molar-refractivity contribution < 1.29 is 28.7 Å². The predicted octanol–water partition coefficient (Wildman–Crippen LogP) is 1.69. The lowest BCUT2D eigenvalue weighted by molar-refractivity contribution is -0.107. The number of carbonyl (C=O) groups excluding carboxylic acids is 4. The van der Waals surface area contributed by atoms with Crippen LogP contribution in [0.1, 0.15) is 59.3 Å². The Morgan fingerprint density at radius 3 is 2.12 bits per heavy atom. The molecule has 2 aromatic rings. The van der Waals surface area contributed by atoms with Crippen LogP contribution in [0.15, 0.2) is 0 Å². The maximum atomic E-state index is 11.7. The van der Waals surface area contributed by atoms with Crippen LogP contribution >= 0.6 is 0 Å². The summed E-state index contributed by atoms with van der Waals surface area (Å²) in [5.41, 5.74) is 1.88. The fraction of sp³-hybridized carbons (Fsp3) is 0.524. The molecule has 2 amide bonds. The second-order valence-corrected chi connectivity index (χ2v) is 7.04. The molecule has 180 valence electrons. The number of ether oxygens (including phenoxy) is 2. The van der Waals surface area contributed by atoms with Gasteiger partial charge in [-0.2, -0.15) is 10.2 Å². The van der Waals surface area contributed by atoms with Crippen LogP contribution in [-0.4, -0.2) is 64.1 Å². The molecule has 0 saturated heterocycles. The molecule has 0 fully saturated rings. The molecule has 12 heteroatoms. The number of nitrogens with zero attached hydrogens (tertiary/aromatic N) is 5. The van der Waals surface area contributed by atoms with Crippen LogP contribution in [0.5, 0.6) is 0 Å². The monoisotopic (exact) mass is 462 g/mol. The Bertz CT molecular complexity index is 1010. The van der Waals surface area contributed by atoms with Gasteiger partial charge in [0.25, 0.3) is 0 Å². The van der Waals surface area contributed by atoms with Gasteiger partial charge in [0.15, 0.2) is 0 Å². The summed E-state index contributed by atoms with van der Waals surface area (Å²) < 4.78 is 13.2. The molecule has 0 saturated carbocycles. The molecule has 1 N–H and O–H groups in total. The van der Waals surface area contributed by atoms with E-state index in [1.54, 1.807) is 37.1 Å². The number of hydrogen-bond donors (Lipinski definition) is 1. The average Bonchev–Trinajstić information content (AvgIpc) is 3.40. The Morgan fingerprint density at radius 2 is 1.58 bits per heavy atom. The normalized spacial score (nSPS) is 11.8. The predicted molar refractivity (Wildman–Crippen MR) is 119 cm³/mol. The van der Waals surface area contributed by atoms with E-state index in [9.17, 15) is 19.2 Å². The Labute approximate surface area is 191 Å². The quantitative estimate of drug-likeness (QED) is 0.439. The zero-order chi connectivity index (χ0) is 24.5. The molecule has 1 aliphatic rings. The van der Waals surface area contributed by atoms with Crippen LogP contribution in [0.25, 0.3) is 0 Å². The number of amides is 2. The van der Waals surface area contributed by atoms with Crippen molar-refractivity contribution in [2.24, 2.45) is 0 Å². The van der Waals surface area contributed by atoms with Gasteiger partial charge in [0.05, 0.1) is 31.1 Å². The topological polar surface area (TPSA) is 138 Å². The van der Waals surface area contributed by atoms with Crippen LogP contribution in [0.3, 0.4) is 0 Å². The van der Waals surface area contributed by atoms with Gasteiger partial charge < -0.3 is 14.8 Å². The van der Waals surface area contributed by atoms with Crippen molar-refractivity contribution in [1.29, 1.82) is 0 Å². The van der Waals surface area contributed by atoms with Crippen LogP contribution in [0.4, 0.5) is 11.6 Å². The largest absolute Gasteiger partial charge is 0.462 e. The Balaban J connectivity index is 0.000000234. The molecule has 0 spiro atoms. The average molecular weight is 463 g/mol. The minimum Gasteiger partial charge on any atom is -0.462 e. The summed E-state index contributed by atoms with van der Waals surface area (Å²) in [6.45, 7) is 11.3. The summed E-state index contributed by atoms with van der Waals surface area (Å²) in [5, 5.41) is 10.9. The highest BCUT2D eigenvalue weighted by Crippen LogP contribution is 2.28. The third-order valence-electron chi connectivity index (χ3n) is 4.77. The molecule has 0 atom stereocenters. The third-order valence-corrected chi connectivity index (χ3v) is 4.77. The van der Waals surface area contributed by atoms with E-state index in [1.807, 2.05) is 6.92 Å². The molecule has 0 aliphatic carbocycles. The maximum absolute atomic E-state index is 11.7. The summed E-state index contributed by atoms with van der Waals surface area (Å²) in [5.74, 6) is 0.0652. The maximum Gasteiger partial charge on any atom is 0.343 e. The standard InChI is InChI=1S/C11H17N3O3.C10H13N3O3/c1-4-6-14-10(12-7-15)9(8(3)13-14)11(16)17-5-2;1-3-16-10(15)8-7(2)11-13-5-4-12(6-14)9(8)13/h7H,4-6H2,1-3H3,(H,12,15);6H,3-5H2,1-2H3. The lowest BCUT2D eigenvalue weighted by Crippen LogP contribution is -2.20. The molecule has 1 aliphatic heterocycles. The van der Waals surface area contributed by atoms with Crippen molar-refractivity contribution in [3.8, 4) is 0 Å². The van der Waals surface area contributed by atoms with Gasteiger partial charge in [-0.3, -0.25) is 14.5 Å². The van der Waals surface area contributed by atoms with E-state index in [-0.39, 0.29) is 6.61 Å². The number of esters is 2. The van der Waals surface area contributed by atoms with Gasteiger partial charge >= 0.3 is 11.9 Å². The number of rotatable bonds is 9. The van der Waals surface area contributed by atoms with Crippen molar-refractivity contribution >= 4 is 36.4 Å². The zero-order valence-corrected chi connectivity index (χ0v) is 19.6. The van der Waals surface area contributed by atoms with Gasteiger partial charge in [-0.15, -0.1) is 0 Å². The second kappa shape index (κ2) is 11.8. The SMILES string of the molecule is CCCn1nc(C)c(C(=O)OCC)c1NC=O.CCOC(=O)c1c(C)nn2c1N(C=O)CC2. The minimum absolute atomic E-state index is 0.289. The van der Waals surface area contributed by atoms with Crippen LogP contribution in [0.2, 0.25) is 0 Å². The molecule has 2 aromatic heterocycles. The van der Waals surface area contributed by atoms with E-state index in [0.29, 0.717) is 73.2 Å². The summed E-state index contributed by atoms with van der Waals surface area (Å²) in [6.07, 6.45) is 2.10. The molecule has 33 heavy (non-hydrogen) atoms. The molecular formula is C21H30N6O6. The van der Waals surface area contributed by atoms with Gasteiger partial charge in [0.1, 0.15) is 22.8 Å². The zero-order valence-electron chi connectivity index (χ0n) is 19.6. The summed E-state index contributed by atoms with van der Waals surface area (Å²) in [4.78, 5) is 46.4. The molecule has 0 bridgehead atoms. The first-order chi connectivity index (χ1) is 15.8. The fourth-order valence-electron chi connectivity index (χ4n) is 3.48. The molecule has 0 unspecified atom stereocenters.